The molecule has 0 aromatic carbocycles. The molecule has 1 unspecified atom stereocenters. The van der Waals surface area contributed by atoms with Crippen molar-refractivity contribution in [2.45, 2.75) is 32.7 Å². The smallest absolute Gasteiger partial charge is 0.126 e. The van der Waals surface area contributed by atoms with Gasteiger partial charge in [0.25, 0.3) is 0 Å². The van der Waals surface area contributed by atoms with E-state index in [1.165, 1.54) is 5.01 Å². The molecule has 0 aliphatic heterocycles. The number of hydrogen-bond donors (Lipinski definition) is 1. The Kier molecular flexibility index (Phi) is 4.35. The lowest BCUT2D eigenvalue weighted by Gasteiger charge is -2.12. The Hall–Kier alpha value is -0.940. The zero-order valence-corrected chi connectivity index (χ0v) is 13.0. The third-order valence-corrected chi connectivity index (χ3v) is 4.20. The van der Waals surface area contributed by atoms with Gasteiger partial charge in [0.05, 0.1) is 16.7 Å². The van der Waals surface area contributed by atoms with Gasteiger partial charge in [-0.3, -0.25) is 0 Å². The number of anilines is 1. The van der Waals surface area contributed by atoms with E-state index in [0.717, 1.165) is 16.0 Å². The van der Waals surface area contributed by atoms with Gasteiger partial charge >= 0.3 is 0 Å². The Labute approximate surface area is 120 Å². The third kappa shape index (κ3) is 3.29. The third-order valence-electron chi connectivity index (χ3n) is 2.57. The highest BCUT2D eigenvalue weighted by molar-refractivity contribution is 9.10. The summed E-state index contributed by atoms with van der Waals surface area (Å²) in [6, 6.07) is 4.10. The van der Waals surface area contributed by atoms with Crippen LogP contribution in [-0.2, 0) is 0 Å². The molecule has 96 valence electrons. The first-order chi connectivity index (χ1) is 8.56. The van der Waals surface area contributed by atoms with E-state index < -0.39 is 0 Å². The second-order valence-electron chi connectivity index (χ2n) is 4.49. The summed E-state index contributed by atoms with van der Waals surface area (Å²) >= 11 is 5.09. The lowest BCUT2D eigenvalue weighted by molar-refractivity contribution is 0.798. The Morgan fingerprint density at radius 3 is 2.61 bits per heavy atom. The molecule has 3 nitrogen and oxygen atoms in total. The maximum absolute atomic E-state index is 4.64. The van der Waals surface area contributed by atoms with Crippen LogP contribution in [-0.4, -0.2) is 9.97 Å². The molecular formula is C13H16BrN3S. The van der Waals surface area contributed by atoms with Gasteiger partial charge in [0.2, 0.25) is 0 Å². The summed E-state index contributed by atoms with van der Waals surface area (Å²) in [6.45, 7) is 6.43. The van der Waals surface area contributed by atoms with Crippen molar-refractivity contribution < 1.29 is 0 Å². The van der Waals surface area contributed by atoms with Crippen molar-refractivity contribution in [1.29, 1.82) is 0 Å². The van der Waals surface area contributed by atoms with Gasteiger partial charge in [-0.15, -0.1) is 11.3 Å². The number of pyridine rings is 1. The van der Waals surface area contributed by atoms with Gasteiger partial charge in [-0.2, -0.15) is 0 Å². The zero-order chi connectivity index (χ0) is 13.1. The lowest BCUT2D eigenvalue weighted by Crippen LogP contribution is -2.08. The Bertz CT molecular complexity index is 507. The average Bonchev–Trinajstić information content (AvgIpc) is 2.81. The molecule has 0 spiro atoms. The fourth-order valence-electron chi connectivity index (χ4n) is 1.52. The number of rotatable bonds is 4. The van der Waals surface area contributed by atoms with Crippen LogP contribution in [0.2, 0.25) is 0 Å². The highest BCUT2D eigenvalue weighted by atomic mass is 79.9. The standard InChI is InChI=1S/C13H16BrN3S/c1-8(2)13-17-11(7-18-13)9(3)16-12-5-4-10(14)6-15-12/h4-9H,1-3H3,(H,15,16). The van der Waals surface area contributed by atoms with Crippen LogP contribution in [0.1, 0.15) is 43.4 Å². The molecule has 0 aliphatic rings. The molecule has 0 saturated heterocycles. The molecule has 0 saturated carbocycles. The minimum absolute atomic E-state index is 0.169. The van der Waals surface area contributed by atoms with Crippen molar-refractivity contribution in [1.82, 2.24) is 9.97 Å². The van der Waals surface area contributed by atoms with E-state index in [2.05, 4.69) is 57.4 Å². The number of nitrogens with zero attached hydrogens (tertiary/aromatic N) is 2. The van der Waals surface area contributed by atoms with Crippen molar-refractivity contribution in [3.8, 4) is 0 Å². The second-order valence-corrected chi connectivity index (χ2v) is 6.30. The van der Waals surface area contributed by atoms with Crippen molar-refractivity contribution in [3.63, 3.8) is 0 Å². The molecule has 0 amide bonds. The van der Waals surface area contributed by atoms with E-state index in [0.29, 0.717) is 5.92 Å². The highest BCUT2D eigenvalue weighted by Gasteiger charge is 2.12. The Morgan fingerprint density at radius 1 is 1.28 bits per heavy atom. The molecule has 2 aromatic heterocycles. The molecule has 0 radical (unpaired) electrons. The first kappa shape index (κ1) is 13.5. The van der Waals surface area contributed by atoms with E-state index in [4.69, 9.17) is 0 Å². The fourth-order valence-corrected chi connectivity index (χ4v) is 2.68. The van der Waals surface area contributed by atoms with Gasteiger partial charge in [-0.05, 0) is 35.0 Å². The Balaban J connectivity index is 2.06. The van der Waals surface area contributed by atoms with Crippen LogP contribution in [0.3, 0.4) is 0 Å². The monoisotopic (exact) mass is 325 g/mol. The van der Waals surface area contributed by atoms with E-state index in [1.54, 1.807) is 17.5 Å². The number of nitrogens with one attached hydrogen (secondary N) is 1. The lowest BCUT2D eigenvalue weighted by atomic mass is 10.2. The molecule has 0 fully saturated rings. The van der Waals surface area contributed by atoms with Crippen molar-refractivity contribution >= 4 is 33.1 Å². The average molecular weight is 326 g/mol. The summed E-state index contributed by atoms with van der Waals surface area (Å²) in [5, 5.41) is 6.65. The molecule has 1 atom stereocenters. The predicted molar refractivity (Wildman–Crippen MR) is 80.2 cm³/mol. The second kappa shape index (κ2) is 5.80. The highest BCUT2D eigenvalue weighted by Crippen LogP contribution is 2.24. The molecule has 1 N–H and O–H groups in total. The predicted octanol–water partition coefficient (Wildman–Crippen LogP) is 4.60. The summed E-state index contributed by atoms with van der Waals surface area (Å²) in [6.07, 6.45) is 1.79. The zero-order valence-electron chi connectivity index (χ0n) is 10.6. The quantitative estimate of drug-likeness (QED) is 0.892. The molecule has 0 aliphatic carbocycles. The van der Waals surface area contributed by atoms with Gasteiger partial charge in [0.15, 0.2) is 0 Å². The first-order valence-corrected chi connectivity index (χ1v) is 7.57. The van der Waals surface area contributed by atoms with Crippen LogP contribution in [0.15, 0.2) is 28.2 Å². The normalized spacial score (nSPS) is 12.7. The van der Waals surface area contributed by atoms with Crippen molar-refractivity contribution in [2.75, 3.05) is 5.32 Å². The topological polar surface area (TPSA) is 37.8 Å². The summed E-state index contributed by atoms with van der Waals surface area (Å²) in [7, 11) is 0. The number of thiazole rings is 1. The summed E-state index contributed by atoms with van der Waals surface area (Å²) in [5.74, 6) is 1.35. The summed E-state index contributed by atoms with van der Waals surface area (Å²) in [5.41, 5.74) is 1.08. The van der Waals surface area contributed by atoms with Gasteiger partial charge in [0, 0.05) is 22.0 Å². The molecule has 2 heterocycles. The SMILES string of the molecule is CC(C)c1nc(C(C)Nc2ccc(Br)cn2)cs1. The van der Waals surface area contributed by atoms with Crippen LogP contribution < -0.4 is 5.32 Å². The van der Waals surface area contributed by atoms with Gasteiger partial charge < -0.3 is 5.32 Å². The fraction of sp³-hybridized carbons (Fsp3) is 0.385. The minimum atomic E-state index is 0.169. The number of hydrogen-bond acceptors (Lipinski definition) is 4. The van der Waals surface area contributed by atoms with Crippen LogP contribution >= 0.6 is 27.3 Å². The van der Waals surface area contributed by atoms with Crippen LogP contribution in [0.5, 0.6) is 0 Å². The van der Waals surface area contributed by atoms with Gasteiger partial charge in [-0.25, -0.2) is 9.97 Å². The molecule has 18 heavy (non-hydrogen) atoms. The van der Waals surface area contributed by atoms with Crippen LogP contribution in [0.25, 0.3) is 0 Å². The van der Waals surface area contributed by atoms with E-state index in [1.807, 2.05) is 12.1 Å². The maximum atomic E-state index is 4.64. The van der Waals surface area contributed by atoms with E-state index in [9.17, 15) is 0 Å². The summed E-state index contributed by atoms with van der Waals surface area (Å²) in [4.78, 5) is 8.95. The van der Waals surface area contributed by atoms with E-state index >= 15 is 0 Å². The molecular weight excluding hydrogens is 310 g/mol. The largest absolute Gasteiger partial charge is 0.362 e. The van der Waals surface area contributed by atoms with Crippen molar-refractivity contribution in [2.24, 2.45) is 0 Å². The number of aromatic nitrogens is 2. The summed E-state index contributed by atoms with van der Waals surface area (Å²) < 4.78 is 0.983. The van der Waals surface area contributed by atoms with Crippen LogP contribution in [0, 0.1) is 0 Å². The van der Waals surface area contributed by atoms with Crippen molar-refractivity contribution in [3.05, 3.63) is 38.9 Å². The molecule has 0 bridgehead atoms. The Morgan fingerprint density at radius 2 is 2.06 bits per heavy atom. The molecule has 5 heteroatoms. The minimum Gasteiger partial charge on any atom is -0.362 e. The van der Waals surface area contributed by atoms with E-state index in [-0.39, 0.29) is 6.04 Å². The van der Waals surface area contributed by atoms with Gasteiger partial charge in [-0.1, -0.05) is 13.8 Å². The molecule has 2 aromatic rings. The number of halogens is 1. The first-order valence-electron chi connectivity index (χ1n) is 5.89. The molecule has 2 rings (SSSR count). The van der Waals surface area contributed by atoms with Gasteiger partial charge in [0.1, 0.15) is 5.82 Å². The van der Waals surface area contributed by atoms with Crippen LogP contribution in [0.4, 0.5) is 5.82 Å². The maximum Gasteiger partial charge on any atom is 0.126 e.